The molecule has 3 heterocycles. The number of nitrogens with zero attached hydrogens (tertiary/aromatic N) is 4. The molecule has 0 N–H and O–H groups in total. The van der Waals surface area contributed by atoms with Gasteiger partial charge in [-0.2, -0.15) is 9.55 Å². The first-order valence-electron chi connectivity index (χ1n) is 7.07. The normalized spacial score (nSPS) is 11.6. The van der Waals surface area contributed by atoms with Crippen LogP contribution in [0, 0.1) is 13.8 Å². The largest absolute Gasteiger partial charge is 0.311 e. The molecule has 4 nitrogen and oxygen atoms in total. The van der Waals surface area contributed by atoms with E-state index in [2.05, 4.69) is 75.9 Å². The van der Waals surface area contributed by atoms with E-state index < -0.39 is 0 Å². The zero-order valence-corrected chi connectivity index (χ0v) is 12.4. The molecule has 0 aliphatic heterocycles. The minimum Gasteiger partial charge on any atom is -0.266 e. The quantitative estimate of drug-likeness (QED) is 0.491. The van der Waals surface area contributed by atoms with Crippen LogP contribution in [0.2, 0.25) is 0 Å². The van der Waals surface area contributed by atoms with Crippen LogP contribution in [0.1, 0.15) is 11.4 Å². The first kappa shape index (κ1) is 12.1. The van der Waals surface area contributed by atoms with Gasteiger partial charge in [-0.05, 0) is 31.4 Å². The van der Waals surface area contributed by atoms with Gasteiger partial charge in [-0.15, -0.1) is 0 Å². The van der Waals surface area contributed by atoms with Gasteiger partial charge in [0.25, 0.3) is 5.82 Å². The Labute approximate surface area is 122 Å². The lowest BCUT2D eigenvalue weighted by Gasteiger charge is -2.06. The van der Waals surface area contributed by atoms with Gasteiger partial charge in [-0.25, -0.2) is 4.57 Å². The van der Waals surface area contributed by atoms with Crippen molar-refractivity contribution < 1.29 is 4.57 Å². The van der Waals surface area contributed by atoms with Crippen LogP contribution < -0.4 is 4.57 Å². The van der Waals surface area contributed by atoms with Crippen molar-refractivity contribution in [1.29, 1.82) is 0 Å². The van der Waals surface area contributed by atoms with Gasteiger partial charge in [0.2, 0.25) is 0 Å². The van der Waals surface area contributed by atoms with Crippen molar-refractivity contribution in [2.24, 2.45) is 7.05 Å². The molecular formula is C17H17N4+. The molecule has 0 atom stereocenters. The highest BCUT2D eigenvalue weighted by atomic mass is 15.3. The molecule has 3 aromatic heterocycles. The monoisotopic (exact) mass is 277 g/mol. The molecule has 4 rings (SSSR count). The summed E-state index contributed by atoms with van der Waals surface area (Å²) < 4.78 is 6.53. The number of aromatic nitrogens is 4. The van der Waals surface area contributed by atoms with Crippen molar-refractivity contribution >= 4 is 16.6 Å². The molecule has 0 saturated heterocycles. The van der Waals surface area contributed by atoms with E-state index in [0.29, 0.717) is 0 Å². The van der Waals surface area contributed by atoms with Crippen LogP contribution in [-0.2, 0) is 7.05 Å². The number of imidazole rings is 2. The van der Waals surface area contributed by atoms with Gasteiger partial charge in [0.05, 0.1) is 24.3 Å². The first-order chi connectivity index (χ1) is 10.2. The van der Waals surface area contributed by atoms with E-state index in [0.717, 1.165) is 11.6 Å². The minimum atomic E-state index is 0.956. The van der Waals surface area contributed by atoms with E-state index in [9.17, 15) is 0 Å². The molecular weight excluding hydrogens is 260 g/mol. The number of benzene rings is 1. The SMILES string of the molecule is Cc1c(C)n2ccnc2n1-c1c2ccccc2cc[n+]1C. The molecule has 0 radical (unpaired) electrons. The highest BCUT2D eigenvalue weighted by Gasteiger charge is 2.24. The number of hydrogen-bond acceptors (Lipinski definition) is 1. The van der Waals surface area contributed by atoms with Crippen LogP contribution in [0.4, 0.5) is 0 Å². The predicted molar refractivity (Wildman–Crippen MR) is 82.7 cm³/mol. The van der Waals surface area contributed by atoms with Gasteiger partial charge in [-0.3, -0.25) is 4.40 Å². The Kier molecular flexibility index (Phi) is 2.42. The maximum Gasteiger partial charge on any atom is 0.311 e. The summed E-state index contributed by atoms with van der Waals surface area (Å²) in [4.78, 5) is 4.54. The molecule has 0 aliphatic carbocycles. The van der Waals surface area contributed by atoms with Crippen molar-refractivity contribution in [2.45, 2.75) is 13.8 Å². The number of pyridine rings is 1. The lowest BCUT2D eigenvalue weighted by molar-refractivity contribution is -0.664. The molecule has 0 aliphatic rings. The van der Waals surface area contributed by atoms with Crippen molar-refractivity contribution in [3.63, 3.8) is 0 Å². The fourth-order valence-electron chi connectivity index (χ4n) is 3.04. The summed E-state index contributed by atoms with van der Waals surface area (Å²) in [6, 6.07) is 10.6. The third kappa shape index (κ3) is 1.56. The van der Waals surface area contributed by atoms with E-state index in [4.69, 9.17) is 0 Å². The summed E-state index contributed by atoms with van der Waals surface area (Å²) in [5, 5.41) is 2.46. The molecule has 4 heteroatoms. The summed E-state index contributed by atoms with van der Waals surface area (Å²) in [6.07, 6.45) is 5.97. The van der Waals surface area contributed by atoms with Crippen molar-refractivity contribution in [2.75, 3.05) is 0 Å². The Bertz CT molecular complexity index is 975. The molecule has 21 heavy (non-hydrogen) atoms. The van der Waals surface area contributed by atoms with Gasteiger partial charge in [-0.1, -0.05) is 18.2 Å². The second-order valence-corrected chi connectivity index (χ2v) is 5.44. The van der Waals surface area contributed by atoms with Gasteiger partial charge < -0.3 is 0 Å². The van der Waals surface area contributed by atoms with Crippen LogP contribution >= 0.6 is 0 Å². The summed E-state index contributed by atoms with van der Waals surface area (Å²) >= 11 is 0. The van der Waals surface area contributed by atoms with Gasteiger partial charge in [0, 0.05) is 12.4 Å². The van der Waals surface area contributed by atoms with Crippen LogP contribution in [0.15, 0.2) is 48.9 Å². The second kappa shape index (κ2) is 4.19. The first-order valence-corrected chi connectivity index (χ1v) is 7.07. The fourth-order valence-corrected chi connectivity index (χ4v) is 3.04. The van der Waals surface area contributed by atoms with E-state index in [1.807, 2.05) is 12.4 Å². The zero-order valence-electron chi connectivity index (χ0n) is 12.4. The number of hydrogen-bond donors (Lipinski definition) is 0. The summed E-state index contributed by atoms with van der Waals surface area (Å²) in [7, 11) is 2.08. The Hall–Kier alpha value is -2.62. The number of fused-ring (bicyclic) bond motifs is 2. The van der Waals surface area contributed by atoms with Gasteiger partial charge in [0.1, 0.15) is 5.69 Å². The molecule has 0 fully saturated rings. The molecule has 4 aromatic rings. The molecule has 0 bridgehead atoms. The highest BCUT2D eigenvalue weighted by Crippen LogP contribution is 2.24. The molecule has 0 saturated carbocycles. The predicted octanol–water partition coefficient (Wildman–Crippen LogP) is 2.72. The Morgan fingerprint density at radius 3 is 2.71 bits per heavy atom. The fraction of sp³-hybridized carbons (Fsp3) is 0.176. The van der Waals surface area contributed by atoms with E-state index >= 15 is 0 Å². The molecule has 104 valence electrons. The Morgan fingerprint density at radius 2 is 1.86 bits per heavy atom. The number of aryl methyl sites for hydroxylation is 2. The smallest absolute Gasteiger partial charge is 0.266 e. The lowest BCUT2D eigenvalue weighted by Crippen LogP contribution is -2.34. The van der Waals surface area contributed by atoms with Gasteiger partial charge >= 0.3 is 5.78 Å². The topological polar surface area (TPSA) is 26.1 Å². The minimum absolute atomic E-state index is 0.956. The molecule has 0 spiro atoms. The van der Waals surface area contributed by atoms with Crippen molar-refractivity contribution in [1.82, 2.24) is 14.0 Å². The van der Waals surface area contributed by atoms with Crippen LogP contribution in [-0.4, -0.2) is 14.0 Å². The van der Waals surface area contributed by atoms with E-state index in [1.165, 1.54) is 22.2 Å². The third-order valence-corrected chi connectivity index (χ3v) is 4.27. The summed E-state index contributed by atoms with van der Waals surface area (Å²) in [6.45, 7) is 4.28. The second-order valence-electron chi connectivity index (χ2n) is 5.44. The lowest BCUT2D eigenvalue weighted by atomic mass is 10.1. The standard InChI is InChI=1S/C17H17N4/c1-12-13(2)21(17-18-9-11-20(12)17)16-15-7-5-4-6-14(15)8-10-19(16)3/h4-11H,1-3H3/q+1. The van der Waals surface area contributed by atoms with Crippen LogP contribution in [0.3, 0.4) is 0 Å². The van der Waals surface area contributed by atoms with E-state index in [-0.39, 0.29) is 0 Å². The van der Waals surface area contributed by atoms with Crippen molar-refractivity contribution in [3.8, 4) is 5.82 Å². The molecule has 1 aromatic carbocycles. The highest BCUT2D eigenvalue weighted by molar-refractivity contribution is 5.87. The maximum atomic E-state index is 4.54. The van der Waals surface area contributed by atoms with Crippen molar-refractivity contribution in [3.05, 3.63) is 60.3 Å². The van der Waals surface area contributed by atoms with Crippen LogP contribution in [0.25, 0.3) is 22.4 Å². The van der Waals surface area contributed by atoms with E-state index in [1.54, 1.807) is 0 Å². The van der Waals surface area contributed by atoms with Gasteiger partial charge in [0.15, 0.2) is 0 Å². The maximum absolute atomic E-state index is 4.54. The average Bonchev–Trinajstić information content (AvgIpc) is 3.05. The molecule has 0 amide bonds. The van der Waals surface area contributed by atoms with Crippen LogP contribution in [0.5, 0.6) is 0 Å². The average molecular weight is 277 g/mol. The Balaban J connectivity index is 2.21. The summed E-state index contributed by atoms with van der Waals surface area (Å²) in [5.41, 5.74) is 2.43. The summed E-state index contributed by atoms with van der Waals surface area (Å²) in [5.74, 6) is 2.10. The zero-order chi connectivity index (χ0) is 14.6. The number of rotatable bonds is 1. The third-order valence-electron chi connectivity index (χ3n) is 4.27. The molecule has 0 unspecified atom stereocenters. The Morgan fingerprint density at radius 1 is 1.05 bits per heavy atom.